The standard InChI is InChI=1S/C22H18ClN5O3S/c23-13-5-12-6-18(22(30)27-3-4-28-19(9-27)25-11-26-28)31-20(12)16(7-13)15-1-2-24-17-8-14(10-29)32-21(15)17/h1-2,5,7-8,11,18,29H,3-4,6,9-10H2/t18-/m1/s1. The van der Waals surface area contributed by atoms with E-state index >= 15 is 0 Å². The van der Waals surface area contributed by atoms with Crippen molar-refractivity contribution in [2.45, 2.75) is 32.2 Å². The quantitative estimate of drug-likeness (QED) is 0.497. The number of benzene rings is 1. The molecule has 2 aliphatic rings. The number of carbonyl (C=O) groups is 1. The second-order valence-electron chi connectivity index (χ2n) is 7.86. The maximum Gasteiger partial charge on any atom is 0.264 e. The molecule has 5 heterocycles. The van der Waals surface area contributed by atoms with Gasteiger partial charge in [-0.15, -0.1) is 11.3 Å². The van der Waals surface area contributed by atoms with Crippen LogP contribution in [0.3, 0.4) is 0 Å². The van der Waals surface area contributed by atoms with Crippen molar-refractivity contribution in [2.75, 3.05) is 6.54 Å². The third-order valence-corrected chi connectivity index (χ3v) is 7.26. The summed E-state index contributed by atoms with van der Waals surface area (Å²) in [5.41, 5.74) is 3.49. The van der Waals surface area contributed by atoms with Gasteiger partial charge in [0.25, 0.3) is 5.91 Å². The molecule has 1 N–H and O–H groups in total. The van der Waals surface area contributed by atoms with E-state index in [4.69, 9.17) is 16.3 Å². The number of thiophene rings is 1. The Hall–Kier alpha value is -3.01. The Balaban J connectivity index is 1.34. The Morgan fingerprint density at radius 3 is 3.03 bits per heavy atom. The number of fused-ring (bicyclic) bond motifs is 3. The van der Waals surface area contributed by atoms with Gasteiger partial charge < -0.3 is 14.7 Å². The van der Waals surface area contributed by atoms with E-state index in [0.717, 1.165) is 37.6 Å². The van der Waals surface area contributed by atoms with Gasteiger partial charge in [-0.25, -0.2) is 9.67 Å². The number of hydrogen-bond donors (Lipinski definition) is 1. The van der Waals surface area contributed by atoms with E-state index in [1.807, 2.05) is 28.9 Å². The summed E-state index contributed by atoms with van der Waals surface area (Å²) in [6.07, 6.45) is 3.11. The van der Waals surface area contributed by atoms with Gasteiger partial charge in [0.1, 0.15) is 17.9 Å². The molecule has 0 saturated carbocycles. The van der Waals surface area contributed by atoms with Crippen LogP contribution in [0.15, 0.2) is 36.8 Å². The zero-order chi connectivity index (χ0) is 21.8. The number of pyridine rings is 1. The highest BCUT2D eigenvalue weighted by Crippen LogP contribution is 2.44. The first-order chi connectivity index (χ1) is 15.6. The monoisotopic (exact) mass is 467 g/mol. The molecule has 1 aromatic carbocycles. The maximum atomic E-state index is 13.3. The summed E-state index contributed by atoms with van der Waals surface area (Å²) < 4.78 is 9.03. The molecule has 10 heteroatoms. The lowest BCUT2D eigenvalue weighted by molar-refractivity contribution is -0.139. The highest BCUT2D eigenvalue weighted by atomic mass is 35.5. The Morgan fingerprint density at radius 1 is 1.25 bits per heavy atom. The molecule has 8 nitrogen and oxygen atoms in total. The number of halogens is 1. The van der Waals surface area contributed by atoms with Crippen LogP contribution < -0.4 is 4.74 Å². The number of nitrogens with zero attached hydrogens (tertiary/aromatic N) is 5. The molecule has 4 aromatic rings. The van der Waals surface area contributed by atoms with Crippen LogP contribution in [0.4, 0.5) is 0 Å². The van der Waals surface area contributed by atoms with Gasteiger partial charge in [0.05, 0.1) is 29.9 Å². The summed E-state index contributed by atoms with van der Waals surface area (Å²) in [5.74, 6) is 1.40. The third kappa shape index (κ3) is 3.16. The lowest BCUT2D eigenvalue weighted by Gasteiger charge is -2.28. The van der Waals surface area contributed by atoms with Crippen LogP contribution in [0.1, 0.15) is 16.3 Å². The first-order valence-corrected chi connectivity index (χ1v) is 11.4. The highest BCUT2D eigenvalue weighted by Gasteiger charge is 2.36. The average Bonchev–Trinajstić information content (AvgIpc) is 3.54. The number of amides is 1. The number of aromatic nitrogens is 4. The van der Waals surface area contributed by atoms with E-state index in [9.17, 15) is 9.90 Å². The Kier molecular flexibility index (Phi) is 4.63. The molecule has 32 heavy (non-hydrogen) atoms. The fraction of sp³-hybridized carbons (Fsp3) is 0.273. The van der Waals surface area contributed by atoms with Gasteiger partial charge >= 0.3 is 0 Å². The summed E-state index contributed by atoms with van der Waals surface area (Å²) in [6, 6.07) is 7.54. The van der Waals surface area contributed by atoms with Gasteiger partial charge in [0.2, 0.25) is 0 Å². The zero-order valence-corrected chi connectivity index (χ0v) is 18.4. The van der Waals surface area contributed by atoms with Crippen LogP contribution in [0.2, 0.25) is 5.02 Å². The van der Waals surface area contributed by atoms with Crippen LogP contribution in [0.25, 0.3) is 21.3 Å². The largest absolute Gasteiger partial charge is 0.479 e. The second-order valence-corrected chi connectivity index (χ2v) is 9.43. The molecule has 1 amide bonds. The molecule has 0 saturated heterocycles. The number of ether oxygens (including phenoxy) is 1. The fourth-order valence-electron chi connectivity index (χ4n) is 4.39. The normalized spacial score (nSPS) is 17.3. The molecule has 0 spiro atoms. The third-order valence-electron chi connectivity index (χ3n) is 5.90. The second kappa shape index (κ2) is 7.54. The molecule has 1 atom stereocenters. The Morgan fingerprint density at radius 2 is 2.16 bits per heavy atom. The molecule has 0 aliphatic carbocycles. The van der Waals surface area contributed by atoms with Crippen LogP contribution in [-0.2, 0) is 30.9 Å². The molecule has 2 aliphatic heterocycles. The lowest BCUT2D eigenvalue weighted by atomic mass is 10.0. The van der Waals surface area contributed by atoms with Crippen molar-refractivity contribution >= 4 is 39.1 Å². The molecule has 0 fully saturated rings. The number of hydrogen-bond acceptors (Lipinski definition) is 7. The Bertz CT molecular complexity index is 1370. The average molecular weight is 468 g/mol. The zero-order valence-electron chi connectivity index (χ0n) is 16.9. The molecular formula is C22H18ClN5O3S. The number of rotatable bonds is 3. The van der Waals surface area contributed by atoms with E-state index in [-0.39, 0.29) is 12.5 Å². The minimum absolute atomic E-state index is 0.0369. The smallest absolute Gasteiger partial charge is 0.264 e. The number of aliphatic hydroxyl groups is 1. The van der Waals surface area contributed by atoms with Gasteiger partial charge in [-0.1, -0.05) is 11.6 Å². The predicted molar refractivity (Wildman–Crippen MR) is 120 cm³/mol. The summed E-state index contributed by atoms with van der Waals surface area (Å²) in [7, 11) is 0. The van der Waals surface area contributed by atoms with E-state index in [1.165, 1.54) is 17.7 Å². The van der Waals surface area contributed by atoms with Gasteiger partial charge in [-0.2, -0.15) is 5.10 Å². The molecule has 0 unspecified atom stereocenters. The molecule has 0 radical (unpaired) electrons. The Labute approximate surface area is 192 Å². The molecular weight excluding hydrogens is 450 g/mol. The first-order valence-electron chi connectivity index (χ1n) is 10.2. The van der Waals surface area contributed by atoms with E-state index < -0.39 is 6.10 Å². The molecule has 0 bridgehead atoms. The summed E-state index contributed by atoms with van der Waals surface area (Å²) in [6.45, 7) is 1.58. The summed E-state index contributed by atoms with van der Waals surface area (Å²) in [4.78, 5) is 24.5. The van der Waals surface area contributed by atoms with Gasteiger partial charge in [0, 0.05) is 45.8 Å². The van der Waals surface area contributed by atoms with Crippen LogP contribution in [0.5, 0.6) is 5.75 Å². The van der Waals surface area contributed by atoms with Crippen molar-refractivity contribution in [2.24, 2.45) is 0 Å². The van der Waals surface area contributed by atoms with Crippen molar-refractivity contribution in [1.29, 1.82) is 0 Å². The van der Waals surface area contributed by atoms with Gasteiger partial charge in [-0.05, 0) is 24.3 Å². The van der Waals surface area contributed by atoms with Crippen molar-refractivity contribution in [1.82, 2.24) is 24.6 Å². The van der Waals surface area contributed by atoms with E-state index in [0.29, 0.717) is 36.8 Å². The van der Waals surface area contributed by atoms with Crippen molar-refractivity contribution < 1.29 is 14.6 Å². The minimum atomic E-state index is -0.606. The van der Waals surface area contributed by atoms with Crippen LogP contribution in [-0.4, -0.2) is 48.3 Å². The number of aliphatic hydroxyl groups excluding tert-OH is 1. The molecule has 162 valence electrons. The summed E-state index contributed by atoms with van der Waals surface area (Å²) >= 11 is 7.95. The van der Waals surface area contributed by atoms with Crippen LogP contribution in [0, 0.1) is 0 Å². The van der Waals surface area contributed by atoms with Crippen molar-refractivity contribution in [3.05, 3.63) is 58.1 Å². The van der Waals surface area contributed by atoms with Crippen molar-refractivity contribution in [3.63, 3.8) is 0 Å². The minimum Gasteiger partial charge on any atom is -0.479 e. The lowest BCUT2D eigenvalue weighted by Crippen LogP contribution is -2.45. The molecule has 6 rings (SSSR count). The predicted octanol–water partition coefficient (Wildman–Crippen LogP) is 3.05. The topological polar surface area (TPSA) is 93.4 Å². The SMILES string of the molecule is O=C([C@H]1Cc2cc(Cl)cc(-c3ccnc4cc(CO)sc34)c2O1)N1CCn2ncnc2C1. The summed E-state index contributed by atoms with van der Waals surface area (Å²) in [5, 5.41) is 14.3. The van der Waals surface area contributed by atoms with Crippen molar-refractivity contribution in [3.8, 4) is 16.9 Å². The maximum absolute atomic E-state index is 13.3. The van der Waals surface area contributed by atoms with Crippen LogP contribution >= 0.6 is 22.9 Å². The fourth-order valence-corrected chi connectivity index (χ4v) is 5.64. The molecule has 3 aromatic heterocycles. The first kappa shape index (κ1) is 19.7. The van der Waals surface area contributed by atoms with E-state index in [2.05, 4.69) is 15.1 Å². The van der Waals surface area contributed by atoms with Gasteiger partial charge in [0.15, 0.2) is 6.10 Å². The van der Waals surface area contributed by atoms with Gasteiger partial charge in [-0.3, -0.25) is 9.78 Å². The highest BCUT2D eigenvalue weighted by molar-refractivity contribution is 7.19. The number of carbonyl (C=O) groups excluding carboxylic acids is 1. The van der Waals surface area contributed by atoms with E-state index in [1.54, 1.807) is 11.1 Å².